The topological polar surface area (TPSA) is 24.9 Å². The van der Waals surface area contributed by atoms with Crippen molar-refractivity contribution in [1.29, 1.82) is 0 Å². The monoisotopic (exact) mass is 282 g/mol. The Bertz CT molecular complexity index is 718. The van der Waals surface area contributed by atoms with Crippen molar-refractivity contribution in [2.75, 3.05) is 6.54 Å². The molecule has 0 saturated carbocycles. The van der Waals surface area contributed by atoms with E-state index >= 15 is 0 Å². The fraction of sp³-hybridized carbons (Fsp3) is 0.235. The summed E-state index contributed by atoms with van der Waals surface area (Å²) in [4.78, 5) is 4.34. The molecule has 0 saturated heterocycles. The van der Waals surface area contributed by atoms with Gasteiger partial charge >= 0.3 is 0 Å². The number of aromatic nitrogens is 1. The lowest BCUT2D eigenvalue weighted by atomic mass is 9.98. The summed E-state index contributed by atoms with van der Waals surface area (Å²) in [6.45, 7) is 5.16. The number of rotatable bonds is 4. The van der Waals surface area contributed by atoms with Crippen molar-refractivity contribution in [2.45, 2.75) is 19.9 Å². The molecule has 102 valence electrons. The van der Waals surface area contributed by atoms with Gasteiger partial charge in [0.15, 0.2) is 0 Å². The summed E-state index contributed by atoms with van der Waals surface area (Å²) in [5.74, 6) is 0. The summed E-state index contributed by atoms with van der Waals surface area (Å²) in [5.41, 5.74) is 3.77. The largest absolute Gasteiger partial charge is 0.306 e. The van der Waals surface area contributed by atoms with Crippen LogP contribution in [0.4, 0.5) is 0 Å². The number of pyridine rings is 1. The molecule has 3 rings (SSSR count). The minimum absolute atomic E-state index is 0.203. The van der Waals surface area contributed by atoms with Crippen LogP contribution in [0.2, 0.25) is 0 Å². The fourth-order valence-corrected chi connectivity index (χ4v) is 3.54. The van der Waals surface area contributed by atoms with Crippen LogP contribution in [-0.2, 0) is 0 Å². The number of aryl methyl sites for hydroxylation is 1. The standard InChI is InChI=1S/C17H18N2S/c1-3-19-16(14-9-12(2)10-18-11-14)15-6-4-5-13-7-8-20-17(13)15/h4-11,16,19H,3H2,1-2H3. The van der Waals surface area contributed by atoms with Crippen LogP contribution < -0.4 is 5.32 Å². The molecule has 2 nitrogen and oxygen atoms in total. The van der Waals surface area contributed by atoms with Crippen molar-refractivity contribution < 1.29 is 0 Å². The maximum absolute atomic E-state index is 4.34. The summed E-state index contributed by atoms with van der Waals surface area (Å²) in [6, 6.07) is 11.1. The summed E-state index contributed by atoms with van der Waals surface area (Å²) in [6.07, 6.45) is 3.87. The molecule has 0 spiro atoms. The van der Waals surface area contributed by atoms with E-state index in [-0.39, 0.29) is 6.04 Å². The molecule has 0 aliphatic rings. The Morgan fingerprint density at radius 2 is 2.15 bits per heavy atom. The predicted molar refractivity (Wildman–Crippen MR) is 86.3 cm³/mol. The second-order valence-corrected chi connectivity index (χ2v) is 5.89. The molecule has 2 heterocycles. The number of fused-ring (bicyclic) bond motifs is 1. The van der Waals surface area contributed by atoms with E-state index in [1.807, 2.05) is 12.4 Å². The lowest BCUT2D eigenvalue weighted by Gasteiger charge is -2.19. The number of nitrogens with one attached hydrogen (secondary N) is 1. The molecule has 0 aliphatic heterocycles. The molecule has 3 heteroatoms. The third-order valence-electron chi connectivity index (χ3n) is 3.46. The number of benzene rings is 1. The van der Waals surface area contributed by atoms with Gasteiger partial charge in [-0.2, -0.15) is 0 Å². The first-order valence-electron chi connectivity index (χ1n) is 6.90. The van der Waals surface area contributed by atoms with Gasteiger partial charge in [-0.15, -0.1) is 11.3 Å². The molecule has 20 heavy (non-hydrogen) atoms. The van der Waals surface area contributed by atoms with Gasteiger partial charge in [0.05, 0.1) is 6.04 Å². The molecular formula is C17H18N2S. The van der Waals surface area contributed by atoms with Crippen LogP contribution in [0.1, 0.15) is 29.7 Å². The second kappa shape index (κ2) is 5.73. The lowest BCUT2D eigenvalue weighted by Crippen LogP contribution is -2.22. The smallest absolute Gasteiger partial charge is 0.0606 e. The molecule has 1 unspecified atom stereocenters. The first kappa shape index (κ1) is 13.3. The van der Waals surface area contributed by atoms with Crippen LogP contribution in [-0.4, -0.2) is 11.5 Å². The highest BCUT2D eigenvalue weighted by molar-refractivity contribution is 7.17. The molecule has 2 aromatic heterocycles. The molecule has 1 N–H and O–H groups in total. The maximum Gasteiger partial charge on any atom is 0.0606 e. The third-order valence-corrected chi connectivity index (χ3v) is 4.44. The number of nitrogens with zero attached hydrogens (tertiary/aromatic N) is 1. The van der Waals surface area contributed by atoms with Crippen LogP contribution in [0, 0.1) is 6.92 Å². The molecule has 0 fully saturated rings. The highest BCUT2D eigenvalue weighted by Crippen LogP contribution is 2.32. The van der Waals surface area contributed by atoms with E-state index in [9.17, 15) is 0 Å². The number of hydrogen-bond acceptors (Lipinski definition) is 3. The van der Waals surface area contributed by atoms with Gasteiger partial charge in [0, 0.05) is 17.1 Å². The van der Waals surface area contributed by atoms with E-state index in [1.165, 1.54) is 26.8 Å². The first-order valence-corrected chi connectivity index (χ1v) is 7.78. The Morgan fingerprint density at radius 3 is 2.95 bits per heavy atom. The Hall–Kier alpha value is -1.71. The average molecular weight is 282 g/mol. The summed E-state index contributed by atoms with van der Waals surface area (Å²) in [7, 11) is 0. The van der Waals surface area contributed by atoms with Crippen molar-refractivity contribution in [2.24, 2.45) is 0 Å². The van der Waals surface area contributed by atoms with Crippen molar-refractivity contribution in [3.05, 3.63) is 64.8 Å². The molecular weight excluding hydrogens is 264 g/mol. The predicted octanol–water partition coefficient (Wildman–Crippen LogP) is 4.30. The fourth-order valence-electron chi connectivity index (χ4n) is 2.59. The minimum Gasteiger partial charge on any atom is -0.306 e. The SMILES string of the molecule is CCNC(c1cncc(C)c1)c1cccc2ccsc12. The summed E-state index contributed by atoms with van der Waals surface area (Å²) >= 11 is 1.81. The van der Waals surface area contributed by atoms with E-state index < -0.39 is 0 Å². The van der Waals surface area contributed by atoms with Crippen molar-refractivity contribution in [1.82, 2.24) is 10.3 Å². The minimum atomic E-state index is 0.203. The summed E-state index contributed by atoms with van der Waals surface area (Å²) in [5, 5.41) is 7.07. The molecule has 1 atom stereocenters. The lowest BCUT2D eigenvalue weighted by molar-refractivity contribution is 0.632. The number of hydrogen-bond donors (Lipinski definition) is 1. The van der Waals surface area contributed by atoms with Gasteiger partial charge < -0.3 is 5.32 Å². The van der Waals surface area contributed by atoms with Gasteiger partial charge in [-0.3, -0.25) is 4.98 Å². The van der Waals surface area contributed by atoms with E-state index in [1.54, 1.807) is 11.3 Å². The molecule has 0 amide bonds. The van der Waals surface area contributed by atoms with E-state index in [0.717, 1.165) is 6.54 Å². The quantitative estimate of drug-likeness (QED) is 0.771. The normalized spacial score (nSPS) is 12.7. The second-order valence-electron chi connectivity index (χ2n) is 4.97. The zero-order valence-electron chi connectivity index (χ0n) is 11.8. The van der Waals surface area contributed by atoms with Gasteiger partial charge in [-0.25, -0.2) is 0 Å². The van der Waals surface area contributed by atoms with Gasteiger partial charge in [-0.05, 0) is 47.0 Å². The van der Waals surface area contributed by atoms with Gasteiger partial charge in [0.2, 0.25) is 0 Å². The summed E-state index contributed by atoms with van der Waals surface area (Å²) < 4.78 is 1.36. The molecule has 0 bridgehead atoms. The van der Waals surface area contributed by atoms with Crippen LogP contribution in [0.15, 0.2) is 48.1 Å². The van der Waals surface area contributed by atoms with Crippen molar-refractivity contribution >= 4 is 21.4 Å². The zero-order valence-corrected chi connectivity index (χ0v) is 12.6. The zero-order chi connectivity index (χ0) is 13.9. The van der Waals surface area contributed by atoms with Gasteiger partial charge in [0.25, 0.3) is 0 Å². The molecule has 0 radical (unpaired) electrons. The van der Waals surface area contributed by atoms with Crippen molar-refractivity contribution in [3.63, 3.8) is 0 Å². The Kier molecular flexibility index (Phi) is 3.81. The van der Waals surface area contributed by atoms with Crippen LogP contribution >= 0.6 is 11.3 Å². The van der Waals surface area contributed by atoms with E-state index in [2.05, 4.69) is 59.9 Å². The molecule has 0 aliphatic carbocycles. The Balaban J connectivity index is 2.13. The third kappa shape index (κ3) is 2.47. The maximum atomic E-state index is 4.34. The van der Waals surface area contributed by atoms with Crippen molar-refractivity contribution in [3.8, 4) is 0 Å². The molecule has 1 aromatic carbocycles. The average Bonchev–Trinajstić information content (AvgIpc) is 2.93. The van der Waals surface area contributed by atoms with Gasteiger partial charge in [0.1, 0.15) is 0 Å². The van der Waals surface area contributed by atoms with E-state index in [0.29, 0.717) is 0 Å². The Morgan fingerprint density at radius 1 is 1.25 bits per heavy atom. The highest BCUT2D eigenvalue weighted by Gasteiger charge is 2.16. The first-order chi connectivity index (χ1) is 9.79. The van der Waals surface area contributed by atoms with E-state index in [4.69, 9.17) is 0 Å². The number of thiophene rings is 1. The highest BCUT2D eigenvalue weighted by atomic mass is 32.1. The Labute approximate surface area is 123 Å². The van der Waals surface area contributed by atoms with Crippen LogP contribution in [0.25, 0.3) is 10.1 Å². The van der Waals surface area contributed by atoms with Crippen LogP contribution in [0.3, 0.4) is 0 Å². The molecule has 3 aromatic rings. The van der Waals surface area contributed by atoms with Crippen LogP contribution in [0.5, 0.6) is 0 Å². The van der Waals surface area contributed by atoms with Gasteiger partial charge in [-0.1, -0.05) is 31.2 Å².